The molecule has 1 unspecified atom stereocenters. The Balaban J connectivity index is 2.87. The molecule has 17 heavy (non-hydrogen) atoms. The minimum atomic E-state index is 0.335. The van der Waals surface area contributed by atoms with Crippen molar-refractivity contribution in [3.63, 3.8) is 0 Å². The molecule has 1 aromatic carbocycles. The predicted molar refractivity (Wildman–Crippen MR) is 73.6 cm³/mol. The number of rotatable bonds is 6. The zero-order valence-electron chi connectivity index (χ0n) is 11.7. The van der Waals surface area contributed by atoms with Crippen LogP contribution >= 0.6 is 0 Å². The van der Waals surface area contributed by atoms with Gasteiger partial charge in [0.2, 0.25) is 0 Å². The van der Waals surface area contributed by atoms with Crippen molar-refractivity contribution in [2.75, 3.05) is 13.2 Å². The Morgan fingerprint density at radius 1 is 1.24 bits per heavy atom. The van der Waals surface area contributed by atoms with Crippen LogP contribution in [0.3, 0.4) is 0 Å². The van der Waals surface area contributed by atoms with E-state index in [0.29, 0.717) is 12.0 Å². The topological polar surface area (TPSA) is 21.3 Å². The second kappa shape index (κ2) is 6.65. The number of benzene rings is 1. The molecule has 1 N–H and O–H groups in total. The molecule has 0 aliphatic rings. The monoisotopic (exact) mass is 235 g/mol. The molecule has 0 spiro atoms. The molecule has 0 amide bonds. The lowest BCUT2D eigenvalue weighted by molar-refractivity contribution is 0.266. The van der Waals surface area contributed by atoms with Gasteiger partial charge >= 0.3 is 0 Å². The first-order valence-electron chi connectivity index (χ1n) is 6.51. The predicted octanol–water partition coefficient (Wildman–Crippen LogP) is 3.70. The molecular weight excluding hydrogens is 210 g/mol. The van der Waals surface area contributed by atoms with Gasteiger partial charge in [0.15, 0.2) is 0 Å². The van der Waals surface area contributed by atoms with Crippen molar-refractivity contribution >= 4 is 0 Å². The second-order valence-electron chi connectivity index (χ2n) is 5.03. The Morgan fingerprint density at radius 3 is 2.53 bits per heavy atom. The molecule has 0 aliphatic carbocycles. The van der Waals surface area contributed by atoms with E-state index in [0.717, 1.165) is 18.9 Å². The standard InChI is InChI=1S/C15H25NO/c1-6-16-13(5)14-9-12(4)7-8-15(14)17-10-11(2)3/h7-9,11,13,16H,6,10H2,1-5H3. The Kier molecular flexibility index (Phi) is 5.49. The summed E-state index contributed by atoms with van der Waals surface area (Å²) in [5, 5.41) is 3.44. The molecule has 0 saturated heterocycles. The summed E-state index contributed by atoms with van der Waals surface area (Å²) in [5.41, 5.74) is 2.54. The third-order valence-electron chi connectivity index (χ3n) is 2.71. The highest BCUT2D eigenvalue weighted by molar-refractivity contribution is 5.39. The number of hydrogen-bond acceptors (Lipinski definition) is 2. The smallest absolute Gasteiger partial charge is 0.124 e. The number of nitrogens with one attached hydrogen (secondary N) is 1. The summed E-state index contributed by atoms with van der Waals surface area (Å²) < 4.78 is 5.88. The molecule has 0 saturated carbocycles. The molecule has 0 fully saturated rings. The van der Waals surface area contributed by atoms with Gasteiger partial charge in [-0.05, 0) is 32.4 Å². The van der Waals surface area contributed by atoms with Crippen molar-refractivity contribution in [1.82, 2.24) is 5.32 Å². The zero-order valence-corrected chi connectivity index (χ0v) is 11.7. The lowest BCUT2D eigenvalue weighted by atomic mass is 10.0. The fourth-order valence-electron chi connectivity index (χ4n) is 1.81. The summed E-state index contributed by atoms with van der Waals surface area (Å²) >= 11 is 0. The normalized spacial score (nSPS) is 12.8. The van der Waals surface area contributed by atoms with Gasteiger partial charge in [0, 0.05) is 11.6 Å². The first kappa shape index (κ1) is 14.0. The molecule has 0 bridgehead atoms. The van der Waals surface area contributed by atoms with Gasteiger partial charge in [0.25, 0.3) is 0 Å². The third kappa shape index (κ3) is 4.39. The maximum absolute atomic E-state index is 5.88. The number of ether oxygens (including phenoxy) is 1. The first-order valence-corrected chi connectivity index (χ1v) is 6.51. The largest absolute Gasteiger partial charge is 0.493 e. The van der Waals surface area contributed by atoms with E-state index in [4.69, 9.17) is 4.74 Å². The highest BCUT2D eigenvalue weighted by Gasteiger charge is 2.11. The van der Waals surface area contributed by atoms with Crippen LogP contribution in [-0.4, -0.2) is 13.2 Å². The van der Waals surface area contributed by atoms with Gasteiger partial charge in [0.1, 0.15) is 5.75 Å². The fourth-order valence-corrected chi connectivity index (χ4v) is 1.81. The third-order valence-corrected chi connectivity index (χ3v) is 2.71. The Morgan fingerprint density at radius 2 is 1.94 bits per heavy atom. The molecule has 1 aromatic rings. The Hall–Kier alpha value is -1.02. The SMILES string of the molecule is CCNC(C)c1cc(C)ccc1OCC(C)C. The molecule has 1 rings (SSSR count). The van der Waals surface area contributed by atoms with Crippen LogP contribution in [0.5, 0.6) is 5.75 Å². The molecule has 0 heterocycles. The molecule has 2 nitrogen and oxygen atoms in total. The van der Waals surface area contributed by atoms with E-state index < -0.39 is 0 Å². The van der Waals surface area contributed by atoms with Crippen LogP contribution in [0.4, 0.5) is 0 Å². The molecule has 1 atom stereocenters. The van der Waals surface area contributed by atoms with Crippen LogP contribution < -0.4 is 10.1 Å². The van der Waals surface area contributed by atoms with Crippen molar-refractivity contribution in [1.29, 1.82) is 0 Å². The van der Waals surface area contributed by atoms with Crippen LogP contribution in [0, 0.1) is 12.8 Å². The van der Waals surface area contributed by atoms with Crippen molar-refractivity contribution in [2.24, 2.45) is 5.92 Å². The molecule has 0 radical (unpaired) electrons. The van der Waals surface area contributed by atoms with Crippen LogP contribution in [0.25, 0.3) is 0 Å². The molecular formula is C15H25NO. The fraction of sp³-hybridized carbons (Fsp3) is 0.600. The van der Waals surface area contributed by atoms with Gasteiger partial charge in [-0.3, -0.25) is 0 Å². The lowest BCUT2D eigenvalue weighted by Crippen LogP contribution is -2.19. The van der Waals surface area contributed by atoms with Crippen molar-refractivity contribution < 1.29 is 4.74 Å². The van der Waals surface area contributed by atoms with Crippen molar-refractivity contribution in [2.45, 2.75) is 40.7 Å². The zero-order chi connectivity index (χ0) is 12.8. The van der Waals surface area contributed by atoms with Crippen LogP contribution in [0.1, 0.15) is 44.9 Å². The summed E-state index contributed by atoms with van der Waals surface area (Å²) in [6, 6.07) is 6.74. The van der Waals surface area contributed by atoms with Gasteiger partial charge in [-0.15, -0.1) is 0 Å². The summed E-state index contributed by atoms with van der Waals surface area (Å²) in [6.45, 7) is 12.5. The quantitative estimate of drug-likeness (QED) is 0.811. The van der Waals surface area contributed by atoms with Gasteiger partial charge < -0.3 is 10.1 Å². The van der Waals surface area contributed by atoms with E-state index in [2.05, 4.69) is 58.1 Å². The van der Waals surface area contributed by atoms with Crippen LogP contribution in [0.15, 0.2) is 18.2 Å². The van der Waals surface area contributed by atoms with Crippen LogP contribution in [-0.2, 0) is 0 Å². The summed E-state index contributed by atoms with van der Waals surface area (Å²) in [5.74, 6) is 1.57. The Bertz CT molecular complexity index is 347. The summed E-state index contributed by atoms with van der Waals surface area (Å²) in [4.78, 5) is 0. The maximum atomic E-state index is 5.88. The van der Waals surface area contributed by atoms with Crippen molar-refractivity contribution in [3.8, 4) is 5.75 Å². The van der Waals surface area contributed by atoms with Crippen molar-refractivity contribution in [3.05, 3.63) is 29.3 Å². The molecule has 0 aliphatic heterocycles. The average Bonchev–Trinajstić information content (AvgIpc) is 2.27. The summed E-state index contributed by atoms with van der Waals surface area (Å²) in [7, 11) is 0. The minimum Gasteiger partial charge on any atom is -0.493 e. The minimum absolute atomic E-state index is 0.335. The Labute approximate surface area is 105 Å². The van der Waals surface area contributed by atoms with E-state index in [-0.39, 0.29) is 0 Å². The highest BCUT2D eigenvalue weighted by Crippen LogP contribution is 2.26. The highest BCUT2D eigenvalue weighted by atomic mass is 16.5. The number of aryl methyl sites for hydroxylation is 1. The maximum Gasteiger partial charge on any atom is 0.124 e. The van der Waals surface area contributed by atoms with E-state index in [1.807, 2.05) is 0 Å². The average molecular weight is 235 g/mol. The number of hydrogen-bond donors (Lipinski definition) is 1. The molecule has 96 valence electrons. The van der Waals surface area contributed by atoms with E-state index in [1.54, 1.807) is 0 Å². The second-order valence-corrected chi connectivity index (χ2v) is 5.03. The van der Waals surface area contributed by atoms with Gasteiger partial charge in [0.05, 0.1) is 6.61 Å². The van der Waals surface area contributed by atoms with Gasteiger partial charge in [-0.2, -0.15) is 0 Å². The van der Waals surface area contributed by atoms with E-state index >= 15 is 0 Å². The summed E-state index contributed by atoms with van der Waals surface area (Å²) in [6.07, 6.45) is 0. The molecule has 0 aromatic heterocycles. The molecule has 2 heteroatoms. The van der Waals surface area contributed by atoms with E-state index in [9.17, 15) is 0 Å². The van der Waals surface area contributed by atoms with Crippen LogP contribution in [0.2, 0.25) is 0 Å². The van der Waals surface area contributed by atoms with Gasteiger partial charge in [-0.1, -0.05) is 38.5 Å². The van der Waals surface area contributed by atoms with Gasteiger partial charge in [-0.25, -0.2) is 0 Å². The van der Waals surface area contributed by atoms with E-state index in [1.165, 1.54) is 11.1 Å². The lowest BCUT2D eigenvalue weighted by Gasteiger charge is -2.19. The first-order chi connectivity index (χ1) is 8.04.